The van der Waals surface area contributed by atoms with Crippen LogP contribution in [0, 0.1) is 5.82 Å². The highest BCUT2D eigenvalue weighted by atomic mass is 32.2. The van der Waals surface area contributed by atoms with Crippen molar-refractivity contribution in [2.24, 2.45) is 0 Å². The van der Waals surface area contributed by atoms with Crippen molar-refractivity contribution in [1.29, 1.82) is 0 Å². The van der Waals surface area contributed by atoms with Crippen molar-refractivity contribution in [3.63, 3.8) is 0 Å². The van der Waals surface area contributed by atoms with Crippen molar-refractivity contribution in [2.45, 2.75) is 18.2 Å². The summed E-state index contributed by atoms with van der Waals surface area (Å²) in [6.07, 6.45) is 0.303. The normalized spacial score (nSPS) is 11.5. The van der Waals surface area contributed by atoms with Gasteiger partial charge in [-0.25, -0.2) is 17.5 Å². The van der Waals surface area contributed by atoms with Crippen LogP contribution in [0.15, 0.2) is 59.5 Å². The van der Waals surface area contributed by atoms with Gasteiger partial charge in [-0.1, -0.05) is 36.4 Å². The van der Waals surface area contributed by atoms with Crippen LogP contribution < -0.4 is 14.6 Å². The van der Waals surface area contributed by atoms with Crippen molar-refractivity contribution < 1.29 is 27.4 Å². The van der Waals surface area contributed by atoms with E-state index < -0.39 is 32.3 Å². The number of nitrogens with one attached hydrogen (secondary N) is 1. The Bertz CT molecular complexity index is 1160. The number of hydrogen-bond donors (Lipinski definition) is 1. The van der Waals surface area contributed by atoms with Gasteiger partial charge in [0.15, 0.2) is 0 Å². The zero-order valence-electron chi connectivity index (χ0n) is 15.6. The minimum atomic E-state index is -4.25. The maximum atomic E-state index is 14.0. The van der Waals surface area contributed by atoms with E-state index >= 15 is 0 Å². The molecule has 3 aromatic carbocycles. The van der Waals surface area contributed by atoms with Gasteiger partial charge in [0.2, 0.25) is 10.0 Å². The van der Waals surface area contributed by atoms with Gasteiger partial charge in [-0.3, -0.25) is 0 Å². The van der Waals surface area contributed by atoms with Crippen molar-refractivity contribution in [2.75, 3.05) is 13.2 Å². The highest BCUT2D eigenvalue weighted by Gasteiger charge is 2.20. The van der Waals surface area contributed by atoms with E-state index in [0.29, 0.717) is 18.8 Å². The van der Waals surface area contributed by atoms with Crippen LogP contribution in [-0.2, 0) is 16.4 Å². The van der Waals surface area contributed by atoms with Crippen LogP contribution in [0.2, 0.25) is 0 Å². The molecule has 3 aromatic rings. The predicted octanol–water partition coefficient (Wildman–Crippen LogP) is 2.26. The number of benzene rings is 3. The van der Waals surface area contributed by atoms with E-state index in [4.69, 9.17) is 4.74 Å². The second kappa shape index (κ2) is 8.59. The lowest BCUT2D eigenvalue weighted by atomic mass is 10.0. The summed E-state index contributed by atoms with van der Waals surface area (Å²) in [5, 5.41) is 12.9. The van der Waals surface area contributed by atoms with E-state index in [0.717, 1.165) is 34.5 Å². The lowest BCUT2D eigenvalue weighted by Gasteiger charge is -2.14. The number of carbonyl (C=O) groups is 1. The summed E-state index contributed by atoms with van der Waals surface area (Å²) >= 11 is 0. The molecule has 0 heterocycles. The number of rotatable bonds is 8. The number of hydrogen-bond acceptors (Lipinski definition) is 5. The monoisotopic (exact) mass is 416 g/mol. The van der Waals surface area contributed by atoms with Gasteiger partial charge in [-0.15, -0.1) is 0 Å². The molecule has 0 aliphatic carbocycles. The molecule has 3 rings (SSSR count). The van der Waals surface area contributed by atoms with Crippen LogP contribution in [0.1, 0.15) is 22.8 Å². The second-order valence-corrected chi connectivity index (χ2v) is 8.01. The van der Waals surface area contributed by atoms with E-state index in [9.17, 15) is 22.7 Å². The fourth-order valence-electron chi connectivity index (χ4n) is 3.09. The first-order valence-electron chi connectivity index (χ1n) is 8.97. The lowest BCUT2D eigenvalue weighted by Crippen LogP contribution is -2.28. The highest BCUT2D eigenvalue weighted by molar-refractivity contribution is 7.89. The molecule has 8 heteroatoms. The van der Waals surface area contributed by atoms with Crippen LogP contribution in [0.25, 0.3) is 10.8 Å². The Hall–Kier alpha value is -2.97. The van der Waals surface area contributed by atoms with Gasteiger partial charge in [0, 0.05) is 12.1 Å². The number of carboxylic acids is 1. The molecule has 0 aromatic heterocycles. The average molecular weight is 416 g/mol. The zero-order valence-corrected chi connectivity index (χ0v) is 16.5. The number of sulfonamides is 1. The van der Waals surface area contributed by atoms with Gasteiger partial charge in [0.1, 0.15) is 16.5 Å². The minimum Gasteiger partial charge on any atom is -0.545 e. The molecule has 0 aliphatic rings. The van der Waals surface area contributed by atoms with Crippen LogP contribution in [0.5, 0.6) is 5.75 Å². The van der Waals surface area contributed by atoms with Crippen molar-refractivity contribution in [3.8, 4) is 5.75 Å². The summed E-state index contributed by atoms with van der Waals surface area (Å²) in [4.78, 5) is 10.2. The molecule has 0 fully saturated rings. The molecule has 1 N–H and O–H groups in total. The highest BCUT2D eigenvalue weighted by Crippen LogP contribution is 2.28. The summed E-state index contributed by atoms with van der Waals surface area (Å²) in [5.41, 5.74) is 0.413. The Morgan fingerprint density at radius 1 is 1.14 bits per heavy atom. The van der Waals surface area contributed by atoms with Crippen LogP contribution in [0.4, 0.5) is 4.39 Å². The standard InChI is InChI=1S/C21H20FNO5S/c1-2-28-19-10-8-14-5-3-4-6-16(14)17(19)11-12-23-29(26,27)20-13-15(21(24)25)7-9-18(20)22/h3-10,13,23H,2,11-12H2,1H3,(H,24,25)/p-1. The molecule has 0 aliphatic heterocycles. The molecule has 0 spiro atoms. The Labute approximate surface area is 168 Å². The molecule has 29 heavy (non-hydrogen) atoms. The third-order valence-corrected chi connectivity index (χ3v) is 5.90. The van der Waals surface area contributed by atoms with Gasteiger partial charge < -0.3 is 14.6 Å². The van der Waals surface area contributed by atoms with Gasteiger partial charge in [0.25, 0.3) is 0 Å². The van der Waals surface area contributed by atoms with Crippen LogP contribution in [-0.4, -0.2) is 27.5 Å². The molecule has 0 unspecified atom stereocenters. The topological polar surface area (TPSA) is 95.5 Å². The molecule has 6 nitrogen and oxygen atoms in total. The number of fused-ring (bicyclic) bond motifs is 1. The Balaban J connectivity index is 1.85. The SMILES string of the molecule is CCOc1ccc2ccccc2c1CCNS(=O)(=O)c1cc(C(=O)[O-])ccc1F. The first-order valence-corrected chi connectivity index (χ1v) is 10.5. The average Bonchev–Trinajstić information content (AvgIpc) is 2.69. The molecule has 0 bridgehead atoms. The minimum absolute atomic E-state index is 0.0224. The maximum Gasteiger partial charge on any atom is 0.243 e. The van der Waals surface area contributed by atoms with Gasteiger partial charge >= 0.3 is 0 Å². The van der Waals surface area contributed by atoms with Crippen molar-refractivity contribution in [1.82, 2.24) is 4.72 Å². The molecule has 0 radical (unpaired) electrons. The number of carboxylic acid groups (broad SMARTS) is 1. The number of aromatic carboxylic acids is 1. The third-order valence-electron chi connectivity index (χ3n) is 4.42. The van der Waals surface area contributed by atoms with Crippen LogP contribution in [0.3, 0.4) is 0 Å². The van der Waals surface area contributed by atoms with E-state index in [1.54, 1.807) is 0 Å². The maximum absolute atomic E-state index is 14.0. The number of halogens is 1. The summed E-state index contributed by atoms with van der Waals surface area (Å²) in [6, 6.07) is 13.9. The number of ether oxygens (including phenoxy) is 1. The Morgan fingerprint density at radius 2 is 1.90 bits per heavy atom. The van der Waals surface area contributed by atoms with Gasteiger partial charge in [0.05, 0.1) is 12.6 Å². The predicted molar refractivity (Wildman–Crippen MR) is 105 cm³/mol. The summed E-state index contributed by atoms with van der Waals surface area (Å²) in [6.45, 7) is 2.29. The van der Waals surface area contributed by atoms with Gasteiger partial charge in [-0.05, 0) is 47.9 Å². The smallest absolute Gasteiger partial charge is 0.243 e. The fourth-order valence-corrected chi connectivity index (χ4v) is 4.22. The molecule has 0 amide bonds. The molecular weight excluding hydrogens is 397 g/mol. The van der Waals surface area contributed by atoms with Crippen molar-refractivity contribution >= 4 is 26.8 Å². The molecular formula is C21H19FNO5S-. The molecule has 0 saturated heterocycles. The fraction of sp³-hybridized carbons (Fsp3) is 0.190. The van der Waals surface area contributed by atoms with E-state index in [-0.39, 0.29) is 6.54 Å². The first kappa shape index (κ1) is 20.8. The quantitative estimate of drug-likeness (QED) is 0.608. The van der Waals surface area contributed by atoms with E-state index in [2.05, 4.69) is 4.72 Å². The van der Waals surface area contributed by atoms with Crippen molar-refractivity contribution in [3.05, 3.63) is 71.5 Å². The van der Waals surface area contributed by atoms with E-state index in [1.807, 2.05) is 43.3 Å². The van der Waals surface area contributed by atoms with Gasteiger partial charge in [-0.2, -0.15) is 0 Å². The largest absolute Gasteiger partial charge is 0.545 e. The lowest BCUT2D eigenvalue weighted by molar-refractivity contribution is -0.255. The summed E-state index contributed by atoms with van der Waals surface area (Å²) in [7, 11) is -4.25. The first-order chi connectivity index (χ1) is 13.8. The number of carbonyl (C=O) groups excluding carboxylic acids is 1. The van der Waals surface area contributed by atoms with Crippen LogP contribution >= 0.6 is 0 Å². The molecule has 0 atom stereocenters. The zero-order chi connectivity index (χ0) is 21.0. The Morgan fingerprint density at radius 3 is 2.62 bits per heavy atom. The molecule has 152 valence electrons. The molecule has 0 saturated carbocycles. The summed E-state index contributed by atoms with van der Waals surface area (Å²) in [5.74, 6) is -1.98. The summed E-state index contributed by atoms with van der Waals surface area (Å²) < 4.78 is 47.0. The Kier molecular flexibility index (Phi) is 6.14. The second-order valence-electron chi connectivity index (χ2n) is 6.28. The van der Waals surface area contributed by atoms with E-state index in [1.165, 1.54) is 0 Å². The third kappa shape index (κ3) is 4.55.